The van der Waals surface area contributed by atoms with Gasteiger partial charge in [-0.15, -0.1) is 0 Å². The topological polar surface area (TPSA) is 3.24 Å². The van der Waals surface area contributed by atoms with E-state index in [2.05, 4.69) is 31.0 Å². The van der Waals surface area contributed by atoms with E-state index in [1.165, 1.54) is 10.8 Å². The molecule has 0 radical (unpaired) electrons. The fourth-order valence-electron chi connectivity index (χ4n) is 0.595. The Labute approximate surface area is 86.7 Å². The highest BCUT2D eigenvalue weighted by atomic mass is 33.1. The lowest BCUT2D eigenvalue weighted by atomic mass is 10.6. The van der Waals surface area contributed by atoms with Crippen LogP contribution in [0.4, 0.5) is 0 Å². The summed E-state index contributed by atoms with van der Waals surface area (Å²) in [5, 5.41) is 0. The first kappa shape index (κ1) is 11.7. The molecule has 0 aromatic rings. The third-order valence-electron chi connectivity index (χ3n) is 1.18. The monoisotopic (exact) mass is 225 g/mol. The van der Waals surface area contributed by atoms with Gasteiger partial charge in [0.2, 0.25) is 0 Å². The lowest BCUT2D eigenvalue weighted by Crippen LogP contribution is -2.25. The van der Waals surface area contributed by atoms with Gasteiger partial charge in [0.05, 0.1) is 0 Å². The summed E-state index contributed by atoms with van der Waals surface area (Å²) < 4.78 is 2.54. The number of thiocarbonyl (C=S) groups is 2. The van der Waals surface area contributed by atoms with Crippen molar-refractivity contribution in [1.82, 2.24) is 4.90 Å². The van der Waals surface area contributed by atoms with Crippen LogP contribution in [0.5, 0.6) is 0 Å². The summed E-state index contributed by atoms with van der Waals surface area (Å²) in [6, 6.07) is 0. The van der Waals surface area contributed by atoms with E-state index in [1.807, 2.05) is 0 Å². The van der Waals surface area contributed by atoms with Gasteiger partial charge in [0, 0.05) is 17.8 Å². The van der Waals surface area contributed by atoms with E-state index >= 15 is 0 Å². The molecule has 0 saturated heterocycles. The van der Waals surface area contributed by atoms with Crippen molar-refractivity contribution in [1.29, 1.82) is 0 Å². The third-order valence-corrected chi connectivity index (χ3v) is 4.29. The van der Waals surface area contributed by atoms with Gasteiger partial charge in [-0.25, -0.2) is 0 Å². The second-order valence-electron chi connectivity index (χ2n) is 1.71. The fraction of sp³-hybridized carbons (Fsp3) is 0.667. The summed E-state index contributed by atoms with van der Waals surface area (Å²) in [6.45, 7) is 6.14. The zero-order chi connectivity index (χ0) is 8.69. The molecule has 0 aromatic heterocycles. The summed E-state index contributed by atoms with van der Waals surface area (Å²) in [7, 11) is 3.05. The average Bonchev–Trinajstić information content (AvgIpc) is 2.03. The molecule has 0 spiro atoms. The van der Waals surface area contributed by atoms with Crippen molar-refractivity contribution >= 4 is 55.0 Å². The van der Waals surface area contributed by atoms with Gasteiger partial charge in [-0.2, -0.15) is 0 Å². The molecule has 11 heavy (non-hydrogen) atoms. The molecule has 0 aliphatic heterocycles. The highest BCUT2D eigenvalue weighted by molar-refractivity contribution is 8.89. The molecule has 1 nitrogen and oxygen atoms in total. The van der Waals surface area contributed by atoms with Crippen LogP contribution in [0.3, 0.4) is 0 Å². The molecule has 64 valence electrons. The molecular weight excluding hydrogens is 214 g/mol. The van der Waals surface area contributed by atoms with Gasteiger partial charge in [-0.3, -0.25) is 0 Å². The van der Waals surface area contributed by atoms with Gasteiger partial charge in [-0.05, 0) is 35.4 Å². The number of hydrogen-bond donors (Lipinski definition) is 0. The average molecular weight is 225 g/mol. The molecule has 0 amide bonds. The van der Waals surface area contributed by atoms with Crippen molar-refractivity contribution in [3.63, 3.8) is 0 Å². The highest BCUT2D eigenvalue weighted by Crippen LogP contribution is 2.22. The SMILES string of the molecule is CCN(CC)C(=S)SSC=S. The Morgan fingerprint density at radius 1 is 1.45 bits per heavy atom. The maximum absolute atomic E-state index is 5.14. The Morgan fingerprint density at radius 3 is 2.36 bits per heavy atom. The van der Waals surface area contributed by atoms with Crippen LogP contribution in [0, 0.1) is 0 Å². The minimum atomic E-state index is 0.918. The second-order valence-corrected chi connectivity index (χ2v) is 4.95. The van der Waals surface area contributed by atoms with Crippen LogP contribution in [0.15, 0.2) is 0 Å². The number of rotatable bonds is 4. The van der Waals surface area contributed by atoms with E-state index in [1.54, 1.807) is 15.5 Å². The highest BCUT2D eigenvalue weighted by Gasteiger charge is 2.04. The second kappa shape index (κ2) is 7.34. The standard InChI is InChI=1S/C6H11NS4/c1-3-7(4-2)6(9)11-10-5-8/h5H,3-4H2,1-2H3. The van der Waals surface area contributed by atoms with E-state index in [0.717, 1.165) is 17.4 Å². The van der Waals surface area contributed by atoms with Crippen LogP contribution in [-0.2, 0) is 0 Å². The Morgan fingerprint density at radius 2 is 2.00 bits per heavy atom. The molecule has 0 aliphatic carbocycles. The molecule has 0 unspecified atom stereocenters. The van der Waals surface area contributed by atoms with Crippen molar-refractivity contribution in [2.75, 3.05) is 13.1 Å². The van der Waals surface area contributed by atoms with Gasteiger partial charge >= 0.3 is 0 Å². The molecule has 0 heterocycles. The van der Waals surface area contributed by atoms with Gasteiger partial charge in [0.1, 0.15) is 4.32 Å². The lowest BCUT2D eigenvalue weighted by molar-refractivity contribution is 0.482. The van der Waals surface area contributed by atoms with Crippen LogP contribution in [0.1, 0.15) is 13.8 Å². The van der Waals surface area contributed by atoms with E-state index in [-0.39, 0.29) is 0 Å². The minimum Gasteiger partial charge on any atom is -0.357 e. The predicted octanol–water partition coefficient (Wildman–Crippen LogP) is 2.95. The van der Waals surface area contributed by atoms with Crippen LogP contribution in [0.25, 0.3) is 0 Å². The Bertz CT molecular complexity index is 133. The first-order valence-electron chi connectivity index (χ1n) is 3.32. The third kappa shape index (κ3) is 5.00. The van der Waals surface area contributed by atoms with E-state index < -0.39 is 0 Å². The molecule has 0 rings (SSSR count). The largest absolute Gasteiger partial charge is 0.357 e. The van der Waals surface area contributed by atoms with E-state index in [9.17, 15) is 0 Å². The summed E-state index contributed by atoms with van der Waals surface area (Å²) in [4.78, 5) is 2.13. The van der Waals surface area contributed by atoms with E-state index in [4.69, 9.17) is 12.2 Å². The fourth-order valence-corrected chi connectivity index (χ4v) is 2.73. The molecule has 5 heteroatoms. The molecule has 0 aliphatic rings. The van der Waals surface area contributed by atoms with Crippen molar-refractivity contribution in [2.24, 2.45) is 0 Å². The zero-order valence-corrected chi connectivity index (χ0v) is 9.84. The van der Waals surface area contributed by atoms with Gasteiger partial charge in [0.15, 0.2) is 0 Å². The minimum absolute atomic E-state index is 0.918. The summed E-state index contributed by atoms with van der Waals surface area (Å²) in [5.41, 5.74) is 0. The quantitative estimate of drug-likeness (QED) is 0.533. The van der Waals surface area contributed by atoms with E-state index in [0.29, 0.717) is 0 Å². The molecule has 0 bridgehead atoms. The first-order valence-corrected chi connectivity index (χ1v) is 6.41. The molecule has 0 N–H and O–H groups in total. The van der Waals surface area contributed by atoms with Crippen molar-refractivity contribution in [3.8, 4) is 0 Å². The maximum Gasteiger partial charge on any atom is 0.147 e. The summed E-state index contributed by atoms with van der Waals surface area (Å²) in [5.74, 6) is 0. The van der Waals surface area contributed by atoms with Crippen molar-refractivity contribution in [3.05, 3.63) is 0 Å². The molecule has 0 atom stereocenters. The van der Waals surface area contributed by atoms with Crippen LogP contribution >= 0.6 is 46.0 Å². The Kier molecular flexibility index (Phi) is 7.79. The molecule has 0 saturated carbocycles. The van der Waals surface area contributed by atoms with Gasteiger partial charge in [-0.1, -0.05) is 24.4 Å². The normalized spacial score (nSPS) is 9.27. The van der Waals surface area contributed by atoms with Crippen LogP contribution in [-0.4, -0.2) is 27.0 Å². The van der Waals surface area contributed by atoms with Crippen LogP contribution in [0.2, 0.25) is 0 Å². The maximum atomic E-state index is 5.14. The lowest BCUT2D eigenvalue weighted by Gasteiger charge is -2.19. The van der Waals surface area contributed by atoms with Crippen molar-refractivity contribution in [2.45, 2.75) is 13.8 Å². The molecule has 0 fully saturated rings. The van der Waals surface area contributed by atoms with Crippen LogP contribution < -0.4 is 0 Å². The predicted molar refractivity (Wildman–Crippen MR) is 64.4 cm³/mol. The molecule has 0 aromatic carbocycles. The zero-order valence-electron chi connectivity index (χ0n) is 6.57. The summed E-state index contributed by atoms with van der Waals surface area (Å²) >= 11 is 9.81. The molecular formula is C6H11NS4. The Hall–Kier alpha value is 0.680. The first-order chi connectivity index (χ1) is 5.26. The summed E-state index contributed by atoms with van der Waals surface area (Å²) in [6.07, 6.45) is 0. The van der Waals surface area contributed by atoms with Crippen molar-refractivity contribution < 1.29 is 0 Å². The smallest absolute Gasteiger partial charge is 0.147 e. The van der Waals surface area contributed by atoms with Gasteiger partial charge < -0.3 is 4.90 Å². The Balaban J connectivity index is 3.69. The number of nitrogens with zero attached hydrogens (tertiary/aromatic N) is 1. The van der Waals surface area contributed by atoms with Gasteiger partial charge in [0.25, 0.3) is 0 Å². The number of hydrogen-bond acceptors (Lipinski definition) is 4.